The van der Waals surface area contributed by atoms with Crippen molar-refractivity contribution in [1.82, 2.24) is 5.32 Å². The number of rotatable bonds is 8. The van der Waals surface area contributed by atoms with E-state index >= 15 is 0 Å². The zero-order chi connectivity index (χ0) is 20.0. The fraction of sp³-hybridized carbons (Fsp3) is 0.400. The number of fused-ring (bicyclic) bond motifs is 3. The highest BCUT2D eigenvalue weighted by Gasteiger charge is 2.26. The number of nitrogens with zero attached hydrogens (tertiary/aromatic N) is 1. The standard InChI is InChI=1S/C25H32N2O/c1-5-26-17-11-7-6-8-12-19-15-16-21-20-13-9-10-14-22(20)24(23(21)18-19)27-28-25(2,3)4/h8-10,12-16,18,26H,5-7,11,17H2,1-4H3/b12-8+,27-24-. The largest absolute Gasteiger partial charge is 0.390 e. The number of nitrogens with one attached hydrogen (secondary N) is 1. The molecule has 1 N–H and O–H groups in total. The summed E-state index contributed by atoms with van der Waals surface area (Å²) in [4.78, 5) is 5.78. The molecule has 0 saturated heterocycles. The summed E-state index contributed by atoms with van der Waals surface area (Å²) in [5.74, 6) is 0. The Hall–Kier alpha value is -2.39. The molecule has 3 nitrogen and oxygen atoms in total. The van der Waals surface area contributed by atoms with Gasteiger partial charge < -0.3 is 10.2 Å². The van der Waals surface area contributed by atoms with E-state index in [9.17, 15) is 0 Å². The van der Waals surface area contributed by atoms with Crippen LogP contribution in [0.4, 0.5) is 0 Å². The van der Waals surface area contributed by atoms with E-state index in [-0.39, 0.29) is 5.60 Å². The highest BCUT2D eigenvalue weighted by atomic mass is 16.6. The van der Waals surface area contributed by atoms with Crippen LogP contribution in [0.15, 0.2) is 53.7 Å². The van der Waals surface area contributed by atoms with Crippen LogP contribution in [-0.2, 0) is 4.84 Å². The van der Waals surface area contributed by atoms with Gasteiger partial charge in [-0.3, -0.25) is 0 Å². The second-order valence-electron chi connectivity index (χ2n) is 8.25. The Bertz CT molecular complexity index is 859. The summed E-state index contributed by atoms with van der Waals surface area (Å²) in [5.41, 5.74) is 6.59. The first-order valence-electron chi connectivity index (χ1n) is 10.4. The van der Waals surface area contributed by atoms with Gasteiger partial charge in [0.15, 0.2) is 0 Å². The molecule has 1 aliphatic rings. The minimum atomic E-state index is -0.311. The molecular weight excluding hydrogens is 344 g/mol. The third-order valence-corrected chi connectivity index (χ3v) is 4.72. The van der Waals surface area contributed by atoms with E-state index < -0.39 is 0 Å². The van der Waals surface area contributed by atoms with Gasteiger partial charge in [0, 0.05) is 11.1 Å². The fourth-order valence-corrected chi connectivity index (χ4v) is 3.36. The van der Waals surface area contributed by atoms with Crippen LogP contribution < -0.4 is 5.32 Å². The molecule has 0 radical (unpaired) electrons. The van der Waals surface area contributed by atoms with Crippen molar-refractivity contribution < 1.29 is 4.84 Å². The maximum absolute atomic E-state index is 5.78. The van der Waals surface area contributed by atoms with E-state index in [1.54, 1.807) is 0 Å². The molecule has 0 unspecified atom stereocenters. The lowest BCUT2D eigenvalue weighted by Crippen LogP contribution is -2.17. The second kappa shape index (κ2) is 9.20. The van der Waals surface area contributed by atoms with Crippen molar-refractivity contribution in [2.75, 3.05) is 13.1 Å². The van der Waals surface area contributed by atoms with Crippen LogP contribution in [0.2, 0.25) is 0 Å². The van der Waals surface area contributed by atoms with E-state index in [1.807, 2.05) is 20.8 Å². The highest BCUT2D eigenvalue weighted by molar-refractivity contribution is 6.24. The molecule has 0 heterocycles. The molecule has 28 heavy (non-hydrogen) atoms. The SMILES string of the molecule is CCNCCCC/C=C/c1ccc2c(c1)/C(=N\OC(C)(C)C)c1ccccc1-2. The van der Waals surface area contributed by atoms with Crippen LogP contribution in [0.5, 0.6) is 0 Å². The molecule has 1 aliphatic carbocycles. The fourth-order valence-electron chi connectivity index (χ4n) is 3.36. The Labute approximate surface area is 169 Å². The Kier molecular flexibility index (Phi) is 6.69. The van der Waals surface area contributed by atoms with Gasteiger partial charge in [-0.05, 0) is 75.9 Å². The summed E-state index contributed by atoms with van der Waals surface area (Å²) in [6.07, 6.45) is 8.04. The Morgan fingerprint density at radius 1 is 0.964 bits per heavy atom. The zero-order valence-corrected chi connectivity index (χ0v) is 17.6. The lowest BCUT2D eigenvalue weighted by Gasteiger charge is -2.16. The quantitative estimate of drug-likeness (QED) is 0.385. The molecule has 0 aromatic heterocycles. The van der Waals surface area contributed by atoms with Crippen molar-refractivity contribution in [1.29, 1.82) is 0 Å². The molecule has 2 aromatic carbocycles. The van der Waals surface area contributed by atoms with Crippen LogP contribution in [0.25, 0.3) is 17.2 Å². The number of oxime groups is 1. The minimum Gasteiger partial charge on any atom is -0.390 e. The number of benzene rings is 2. The molecule has 0 amide bonds. The van der Waals surface area contributed by atoms with Crippen LogP contribution in [-0.4, -0.2) is 24.4 Å². The van der Waals surface area contributed by atoms with E-state index in [2.05, 4.69) is 72.0 Å². The normalized spacial score (nSPS) is 14.5. The molecule has 0 spiro atoms. The smallest absolute Gasteiger partial charge is 0.129 e. The molecule has 0 aliphatic heterocycles. The topological polar surface area (TPSA) is 33.6 Å². The van der Waals surface area contributed by atoms with Gasteiger partial charge >= 0.3 is 0 Å². The summed E-state index contributed by atoms with van der Waals surface area (Å²) in [7, 11) is 0. The molecule has 3 rings (SSSR count). The number of hydrogen-bond acceptors (Lipinski definition) is 3. The molecule has 0 atom stereocenters. The molecule has 3 heteroatoms. The first-order chi connectivity index (χ1) is 13.5. The van der Waals surface area contributed by atoms with Crippen molar-refractivity contribution in [3.8, 4) is 11.1 Å². The summed E-state index contributed by atoms with van der Waals surface area (Å²) >= 11 is 0. The van der Waals surface area contributed by atoms with Crippen LogP contribution in [0, 0.1) is 0 Å². The lowest BCUT2D eigenvalue weighted by molar-refractivity contribution is 0.00121. The molecule has 2 aromatic rings. The molecule has 0 fully saturated rings. The number of unbranched alkanes of at least 4 members (excludes halogenated alkanes) is 2. The van der Waals surface area contributed by atoms with Crippen LogP contribution >= 0.6 is 0 Å². The van der Waals surface area contributed by atoms with Gasteiger partial charge in [0.1, 0.15) is 11.3 Å². The van der Waals surface area contributed by atoms with Crippen molar-refractivity contribution in [2.24, 2.45) is 5.16 Å². The van der Waals surface area contributed by atoms with E-state index in [4.69, 9.17) is 4.84 Å². The van der Waals surface area contributed by atoms with Gasteiger partial charge in [0.05, 0.1) is 0 Å². The number of hydrogen-bond donors (Lipinski definition) is 1. The second-order valence-corrected chi connectivity index (χ2v) is 8.25. The van der Waals surface area contributed by atoms with Crippen LogP contribution in [0.3, 0.4) is 0 Å². The van der Waals surface area contributed by atoms with Gasteiger partial charge in [-0.15, -0.1) is 0 Å². The monoisotopic (exact) mass is 376 g/mol. The Morgan fingerprint density at radius 2 is 1.71 bits per heavy atom. The van der Waals surface area contributed by atoms with Crippen molar-refractivity contribution in [3.05, 3.63) is 65.2 Å². The molecule has 148 valence electrons. The predicted molar refractivity (Wildman–Crippen MR) is 120 cm³/mol. The third-order valence-electron chi connectivity index (χ3n) is 4.72. The highest BCUT2D eigenvalue weighted by Crippen LogP contribution is 2.37. The predicted octanol–water partition coefficient (Wildman–Crippen LogP) is 6.03. The van der Waals surface area contributed by atoms with Gasteiger partial charge in [-0.25, -0.2) is 0 Å². The van der Waals surface area contributed by atoms with Crippen molar-refractivity contribution in [2.45, 2.75) is 52.6 Å². The first-order valence-corrected chi connectivity index (χ1v) is 10.4. The van der Waals surface area contributed by atoms with E-state index in [1.165, 1.54) is 29.5 Å². The minimum absolute atomic E-state index is 0.311. The summed E-state index contributed by atoms with van der Waals surface area (Å²) in [6, 6.07) is 15.1. The number of allylic oxidation sites excluding steroid dienone is 1. The van der Waals surface area contributed by atoms with E-state index in [0.717, 1.165) is 36.3 Å². The Morgan fingerprint density at radius 3 is 2.46 bits per heavy atom. The Balaban J connectivity index is 1.79. The summed E-state index contributed by atoms with van der Waals surface area (Å²) in [6.45, 7) is 10.4. The third kappa shape index (κ3) is 5.11. The van der Waals surface area contributed by atoms with Crippen LogP contribution in [0.1, 0.15) is 63.6 Å². The van der Waals surface area contributed by atoms with Crippen molar-refractivity contribution in [3.63, 3.8) is 0 Å². The van der Waals surface area contributed by atoms with E-state index in [0.29, 0.717) is 0 Å². The van der Waals surface area contributed by atoms with Gasteiger partial charge in [-0.1, -0.05) is 60.6 Å². The van der Waals surface area contributed by atoms with Gasteiger partial charge in [-0.2, -0.15) is 0 Å². The maximum Gasteiger partial charge on any atom is 0.129 e. The average Bonchev–Trinajstić information content (AvgIpc) is 2.98. The molecule has 0 saturated carbocycles. The summed E-state index contributed by atoms with van der Waals surface area (Å²) in [5, 5.41) is 7.91. The first kappa shape index (κ1) is 20.3. The maximum atomic E-state index is 5.78. The summed E-state index contributed by atoms with van der Waals surface area (Å²) < 4.78 is 0. The van der Waals surface area contributed by atoms with Gasteiger partial charge in [0.25, 0.3) is 0 Å². The van der Waals surface area contributed by atoms with Crippen molar-refractivity contribution >= 4 is 11.8 Å². The zero-order valence-electron chi connectivity index (χ0n) is 17.6. The lowest BCUT2D eigenvalue weighted by atomic mass is 10.0. The molecular formula is C25H32N2O. The average molecular weight is 377 g/mol. The molecule has 0 bridgehead atoms. The van der Waals surface area contributed by atoms with Gasteiger partial charge in [0.2, 0.25) is 0 Å².